The molecular formula is C31H35F3N4O5. The van der Waals surface area contributed by atoms with Gasteiger partial charge in [0.15, 0.2) is 0 Å². The van der Waals surface area contributed by atoms with Gasteiger partial charge in [-0.15, -0.1) is 0 Å². The Balaban J connectivity index is 1.55. The van der Waals surface area contributed by atoms with Crippen molar-refractivity contribution in [2.24, 2.45) is 5.92 Å². The fourth-order valence-electron chi connectivity index (χ4n) is 4.89. The fourth-order valence-corrected chi connectivity index (χ4v) is 4.89. The molecule has 0 fully saturated rings. The summed E-state index contributed by atoms with van der Waals surface area (Å²) in [6, 6.07) is 16.7. The first kappa shape index (κ1) is 31.6. The molecule has 230 valence electrons. The van der Waals surface area contributed by atoms with Gasteiger partial charge in [-0.1, -0.05) is 43.3 Å². The molecule has 1 aliphatic heterocycles. The van der Waals surface area contributed by atoms with Crippen molar-refractivity contribution in [1.29, 1.82) is 0 Å². The summed E-state index contributed by atoms with van der Waals surface area (Å²) in [5.74, 6) is -1.38. The van der Waals surface area contributed by atoms with E-state index in [1.165, 1.54) is 28.0 Å². The van der Waals surface area contributed by atoms with E-state index in [2.05, 4.69) is 10.6 Å². The lowest BCUT2D eigenvalue weighted by Crippen LogP contribution is -2.50. The van der Waals surface area contributed by atoms with Crippen LogP contribution in [-0.2, 0) is 4.79 Å². The Morgan fingerprint density at radius 1 is 1.12 bits per heavy atom. The van der Waals surface area contributed by atoms with E-state index < -0.39 is 43.0 Å². The van der Waals surface area contributed by atoms with Crippen LogP contribution in [0.15, 0.2) is 60.7 Å². The molecule has 4 rings (SSSR count). The van der Waals surface area contributed by atoms with Crippen molar-refractivity contribution >= 4 is 40.0 Å². The molecular weight excluding hydrogens is 565 g/mol. The maximum atomic E-state index is 13.6. The van der Waals surface area contributed by atoms with Crippen LogP contribution < -0.4 is 15.4 Å². The van der Waals surface area contributed by atoms with Crippen molar-refractivity contribution in [3.63, 3.8) is 0 Å². The molecule has 1 heterocycles. The Labute approximate surface area is 247 Å². The van der Waals surface area contributed by atoms with Gasteiger partial charge in [-0.2, -0.15) is 13.2 Å². The first-order valence-corrected chi connectivity index (χ1v) is 13.9. The van der Waals surface area contributed by atoms with Gasteiger partial charge in [0.2, 0.25) is 5.91 Å². The zero-order valence-corrected chi connectivity index (χ0v) is 24.1. The first-order valence-electron chi connectivity index (χ1n) is 13.9. The highest BCUT2D eigenvalue weighted by Crippen LogP contribution is 2.31. The van der Waals surface area contributed by atoms with Crippen LogP contribution >= 0.6 is 0 Å². The van der Waals surface area contributed by atoms with E-state index in [-0.39, 0.29) is 48.6 Å². The maximum Gasteiger partial charge on any atom is 0.389 e. The van der Waals surface area contributed by atoms with E-state index in [4.69, 9.17) is 4.74 Å². The van der Waals surface area contributed by atoms with E-state index in [0.717, 1.165) is 10.8 Å². The minimum absolute atomic E-state index is 0.0775. The van der Waals surface area contributed by atoms with Gasteiger partial charge in [-0.05, 0) is 36.6 Å². The Bertz CT molecular complexity index is 1480. The van der Waals surface area contributed by atoms with Crippen molar-refractivity contribution < 1.29 is 37.4 Å². The van der Waals surface area contributed by atoms with Crippen molar-refractivity contribution in [3.05, 3.63) is 66.2 Å². The molecule has 0 aliphatic carbocycles. The number of amides is 4. The quantitative estimate of drug-likeness (QED) is 0.316. The van der Waals surface area contributed by atoms with E-state index in [1.54, 1.807) is 14.0 Å². The third-order valence-electron chi connectivity index (χ3n) is 7.42. The van der Waals surface area contributed by atoms with Gasteiger partial charge in [0.1, 0.15) is 11.9 Å². The Hall–Kier alpha value is -4.32. The highest BCUT2D eigenvalue weighted by molar-refractivity contribution is 6.02. The summed E-state index contributed by atoms with van der Waals surface area (Å²) in [5, 5.41) is 17.1. The number of hydrogen-bond acceptors (Lipinski definition) is 5. The normalized spacial score (nSPS) is 17.7. The number of rotatable bonds is 8. The second kappa shape index (κ2) is 13.3. The van der Waals surface area contributed by atoms with Crippen LogP contribution in [0.25, 0.3) is 10.8 Å². The van der Waals surface area contributed by atoms with Crippen LogP contribution in [0.1, 0.15) is 37.0 Å². The largest absolute Gasteiger partial charge is 0.487 e. The number of benzene rings is 3. The molecule has 3 atom stereocenters. The molecule has 3 N–H and O–H groups in total. The monoisotopic (exact) mass is 600 g/mol. The number of carbonyl (C=O) groups excluding carboxylic acids is 3. The number of nitrogens with one attached hydrogen (secondary N) is 2. The molecule has 0 saturated heterocycles. The van der Waals surface area contributed by atoms with Gasteiger partial charge in [0, 0.05) is 37.0 Å². The number of aliphatic hydroxyl groups is 1. The van der Waals surface area contributed by atoms with E-state index in [0.29, 0.717) is 5.69 Å². The predicted molar refractivity (Wildman–Crippen MR) is 157 cm³/mol. The topological polar surface area (TPSA) is 111 Å². The average Bonchev–Trinajstić information content (AvgIpc) is 2.97. The lowest BCUT2D eigenvalue weighted by Gasteiger charge is -2.38. The highest BCUT2D eigenvalue weighted by atomic mass is 19.4. The number of halogens is 3. The summed E-state index contributed by atoms with van der Waals surface area (Å²) in [6.45, 7) is 3.62. The van der Waals surface area contributed by atoms with Crippen molar-refractivity contribution in [1.82, 2.24) is 9.80 Å². The molecule has 4 amide bonds. The molecule has 9 nitrogen and oxygen atoms in total. The van der Waals surface area contributed by atoms with Crippen molar-refractivity contribution in [3.8, 4) is 5.75 Å². The molecule has 12 heteroatoms. The molecule has 0 bridgehead atoms. The summed E-state index contributed by atoms with van der Waals surface area (Å²) in [4.78, 5) is 41.9. The predicted octanol–water partition coefficient (Wildman–Crippen LogP) is 5.50. The van der Waals surface area contributed by atoms with Crippen LogP contribution in [0.3, 0.4) is 0 Å². The third-order valence-corrected chi connectivity index (χ3v) is 7.42. The second-order valence-corrected chi connectivity index (χ2v) is 10.8. The van der Waals surface area contributed by atoms with Gasteiger partial charge in [-0.3, -0.25) is 9.59 Å². The molecule has 1 aliphatic rings. The molecule has 43 heavy (non-hydrogen) atoms. The number of ether oxygens (including phenoxy) is 1. The number of alkyl halides is 3. The summed E-state index contributed by atoms with van der Waals surface area (Å²) < 4.78 is 43.9. The standard InChI is InChI=1S/C31H35F3N4O5/c1-19-16-38(20(2)18-39)29(41)24-15-22(35-28(40)13-14-31(32,33)34)11-12-26(24)43-27(19)17-37(3)30(42)36-25-10-6-8-21-7-4-5-9-23(21)25/h4-12,15,19-20,27,39H,13-14,16-18H2,1-3H3,(H,35,40)(H,36,42)/t19-,20-,27-/m0/s1. The smallest absolute Gasteiger partial charge is 0.389 e. The van der Waals surface area contributed by atoms with Gasteiger partial charge < -0.3 is 30.3 Å². The summed E-state index contributed by atoms with van der Waals surface area (Å²) in [5.41, 5.74) is 0.871. The summed E-state index contributed by atoms with van der Waals surface area (Å²) in [6.07, 6.45) is -7.07. The molecule has 0 saturated carbocycles. The third kappa shape index (κ3) is 7.95. The number of hydrogen-bond donors (Lipinski definition) is 3. The second-order valence-electron chi connectivity index (χ2n) is 10.8. The van der Waals surface area contributed by atoms with Crippen LogP contribution in [0.5, 0.6) is 5.75 Å². The number of aliphatic hydroxyl groups excluding tert-OH is 1. The molecule has 3 aromatic rings. The summed E-state index contributed by atoms with van der Waals surface area (Å²) >= 11 is 0. The van der Waals surface area contributed by atoms with Crippen LogP contribution in [0.2, 0.25) is 0 Å². The van der Waals surface area contributed by atoms with Crippen LogP contribution in [-0.4, -0.2) is 77.8 Å². The first-order chi connectivity index (χ1) is 20.4. The Morgan fingerprint density at radius 3 is 2.56 bits per heavy atom. The maximum absolute atomic E-state index is 13.6. The van der Waals surface area contributed by atoms with Gasteiger partial charge in [0.25, 0.3) is 5.91 Å². The van der Waals surface area contributed by atoms with Crippen molar-refractivity contribution in [2.45, 2.75) is 45.0 Å². The minimum Gasteiger partial charge on any atom is -0.487 e. The number of nitrogens with zero attached hydrogens (tertiary/aromatic N) is 2. The molecule has 3 aromatic carbocycles. The van der Waals surface area contributed by atoms with Gasteiger partial charge in [-0.25, -0.2) is 4.79 Å². The molecule has 0 radical (unpaired) electrons. The van der Waals surface area contributed by atoms with Crippen LogP contribution in [0.4, 0.5) is 29.3 Å². The van der Waals surface area contributed by atoms with Gasteiger partial charge in [0.05, 0.1) is 36.9 Å². The Kier molecular flexibility index (Phi) is 9.80. The SMILES string of the molecule is C[C@H]1CN([C@@H](C)CO)C(=O)c2cc(NC(=O)CCC(F)(F)F)ccc2O[C@H]1CN(C)C(=O)Nc1cccc2ccccc12. The van der Waals surface area contributed by atoms with E-state index in [1.807, 2.05) is 49.4 Å². The lowest BCUT2D eigenvalue weighted by atomic mass is 9.99. The van der Waals surface area contributed by atoms with E-state index in [9.17, 15) is 32.7 Å². The number of carbonyl (C=O) groups is 3. The minimum atomic E-state index is -4.47. The summed E-state index contributed by atoms with van der Waals surface area (Å²) in [7, 11) is 1.63. The van der Waals surface area contributed by atoms with Crippen LogP contribution in [0, 0.1) is 5.92 Å². The number of anilines is 2. The molecule has 0 unspecified atom stereocenters. The zero-order valence-electron chi connectivity index (χ0n) is 24.1. The number of likely N-dealkylation sites (N-methyl/N-ethyl adjacent to an activating group) is 1. The van der Waals surface area contributed by atoms with Crippen molar-refractivity contribution in [2.75, 3.05) is 37.4 Å². The lowest BCUT2D eigenvalue weighted by molar-refractivity contribution is -0.142. The molecule has 0 aromatic heterocycles. The van der Waals surface area contributed by atoms with E-state index >= 15 is 0 Å². The molecule has 0 spiro atoms. The fraction of sp³-hybridized carbons (Fsp3) is 0.387. The highest BCUT2D eigenvalue weighted by Gasteiger charge is 2.34. The Morgan fingerprint density at radius 2 is 1.84 bits per heavy atom. The average molecular weight is 601 g/mol. The zero-order chi connectivity index (χ0) is 31.3. The van der Waals surface area contributed by atoms with Gasteiger partial charge >= 0.3 is 12.2 Å². The number of fused-ring (bicyclic) bond motifs is 2. The number of urea groups is 1.